The molecule has 9 heteroatoms. The maximum atomic E-state index is 14.0. The predicted molar refractivity (Wildman–Crippen MR) is 161 cm³/mol. The van der Waals surface area contributed by atoms with Gasteiger partial charge in [-0.2, -0.15) is 0 Å². The maximum Gasteiger partial charge on any atom is 0.264 e. The Bertz CT molecular complexity index is 1420. The number of aryl methyl sites for hydroxylation is 3. The van der Waals surface area contributed by atoms with Crippen molar-refractivity contribution in [2.75, 3.05) is 17.4 Å². The summed E-state index contributed by atoms with van der Waals surface area (Å²) in [6.45, 7) is 9.68. The quantitative estimate of drug-likeness (QED) is 0.273. The van der Waals surface area contributed by atoms with Gasteiger partial charge in [0.1, 0.15) is 12.6 Å². The van der Waals surface area contributed by atoms with Crippen LogP contribution in [0.3, 0.4) is 0 Å². The third-order valence-corrected chi connectivity index (χ3v) is 8.97. The highest BCUT2D eigenvalue weighted by Crippen LogP contribution is 2.27. The number of nitrogens with one attached hydrogen (secondary N) is 1. The highest BCUT2D eigenvalue weighted by atomic mass is 35.5. The van der Waals surface area contributed by atoms with Crippen molar-refractivity contribution in [3.05, 3.63) is 94.0 Å². The lowest BCUT2D eigenvalue weighted by atomic mass is 10.1. The van der Waals surface area contributed by atoms with Crippen LogP contribution >= 0.6 is 11.6 Å². The molecule has 3 rings (SSSR count). The smallest absolute Gasteiger partial charge is 0.264 e. The van der Waals surface area contributed by atoms with Gasteiger partial charge in [-0.15, -0.1) is 0 Å². The summed E-state index contributed by atoms with van der Waals surface area (Å²) in [5, 5.41) is 3.30. The minimum absolute atomic E-state index is 0.0124. The molecule has 3 aromatic carbocycles. The van der Waals surface area contributed by atoms with Crippen LogP contribution in [0, 0.1) is 20.8 Å². The molecule has 214 valence electrons. The topological polar surface area (TPSA) is 86.8 Å². The fourth-order valence-electron chi connectivity index (χ4n) is 4.15. The van der Waals surface area contributed by atoms with Gasteiger partial charge in [0.15, 0.2) is 0 Å². The average molecular weight is 584 g/mol. The fraction of sp³-hybridized carbons (Fsp3) is 0.355. The third-order valence-electron chi connectivity index (χ3n) is 6.93. The molecule has 0 saturated heterocycles. The third kappa shape index (κ3) is 7.86. The van der Waals surface area contributed by atoms with Gasteiger partial charge in [0.2, 0.25) is 11.8 Å². The zero-order chi connectivity index (χ0) is 29.4. The molecule has 0 aromatic heterocycles. The molecule has 0 heterocycles. The second kappa shape index (κ2) is 13.8. The van der Waals surface area contributed by atoms with Gasteiger partial charge in [0.25, 0.3) is 10.0 Å². The normalized spacial score (nSPS) is 12.1. The summed E-state index contributed by atoms with van der Waals surface area (Å²) in [6, 6.07) is 18.0. The Morgan fingerprint density at radius 1 is 0.925 bits per heavy atom. The number of nitrogens with zero attached hydrogens (tertiary/aromatic N) is 2. The molecular weight excluding hydrogens is 546 g/mol. The number of rotatable bonds is 12. The fourth-order valence-corrected chi connectivity index (χ4v) is 5.68. The van der Waals surface area contributed by atoms with E-state index in [1.807, 2.05) is 58.0 Å². The minimum Gasteiger partial charge on any atom is -0.354 e. The molecule has 1 unspecified atom stereocenters. The number of halogens is 1. The monoisotopic (exact) mass is 583 g/mol. The SMILES string of the molecule is CCCCNC(=O)C(C)N(Cc1ccc(C)cc1)C(=O)CN(c1ccc(C)c(C)c1)S(=O)(=O)c1ccc(Cl)cc1. The van der Waals surface area contributed by atoms with E-state index >= 15 is 0 Å². The van der Waals surface area contributed by atoms with E-state index in [0.29, 0.717) is 17.3 Å². The van der Waals surface area contributed by atoms with E-state index in [9.17, 15) is 18.0 Å². The predicted octanol–water partition coefficient (Wildman–Crippen LogP) is 5.79. The van der Waals surface area contributed by atoms with Crippen LogP contribution in [0.15, 0.2) is 71.6 Å². The summed E-state index contributed by atoms with van der Waals surface area (Å²) in [5.41, 5.74) is 4.16. The van der Waals surface area contributed by atoms with E-state index in [1.165, 1.54) is 29.2 Å². The lowest BCUT2D eigenvalue weighted by Gasteiger charge is -2.32. The standard InChI is InChI=1S/C31H38ClN3O4S/c1-6-7-18-33-31(37)25(5)34(20-26-11-8-22(2)9-12-26)30(36)21-35(28-15-10-23(3)24(4)19-28)40(38,39)29-16-13-27(32)14-17-29/h8-17,19,25H,6-7,18,20-21H2,1-5H3,(H,33,37). The molecule has 0 fully saturated rings. The van der Waals surface area contributed by atoms with Gasteiger partial charge in [-0.1, -0.05) is 60.8 Å². The molecule has 0 radical (unpaired) electrons. The van der Waals surface area contributed by atoms with Crippen molar-refractivity contribution in [3.63, 3.8) is 0 Å². The Kier molecular flexibility index (Phi) is 10.8. The van der Waals surface area contributed by atoms with Crippen LogP contribution in [0.5, 0.6) is 0 Å². The van der Waals surface area contributed by atoms with Crippen LogP contribution < -0.4 is 9.62 Å². The van der Waals surface area contributed by atoms with Crippen LogP contribution in [0.4, 0.5) is 5.69 Å². The first-order valence-electron chi connectivity index (χ1n) is 13.4. The van der Waals surface area contributed by atoms with E-state index in [4.69, 9.17) is 11.6 Å². The maximum absolute atomic E-state index is 14.0. The number of unbranched alkanes of at least 4 members (excludes halogenated alkanes) is 1. The van der Waals surface area contributed by atoms with Crippen LogP contribution in [0.1, 0.15) is 48.9 Å². The molecule has 0 aliphatic heterocycles. The number of carbonyl (C=O) groups excluding carboxylic acids is 2. The number of sulfonamides is 1. The summed E-state index contributed by atoms with van der Waals surface area (Å²) < 4.78 is 28.9. The van der Waals surface area contributed by atoms with Crippen LogP contribution in [-0.2, 0) is 26.2 Å². The summed E-state index contributed by atoms with van der Waals surface area (Å²) in [7, 11) is -4.14. The van der Waals surface area contributed by atoms with Gasteiger partial charge >= 0.3 is 0 Å². The van der Waals surface area contributed by atoms with Gasteiger partial charge in [-0.05, 0) is 87.2 Å². The molecule has 1 N–H and O–H groups in total. The summed E-state index contributed by atoms with van der Waals surface area (Å²) in [5.74, 6) is -0.776. The summed E-state index contributed by atoms with van der Waals surface area (Å²) >= 11 is 6.01. The second-order valence-corrected chi connectivity index (χ2v) is 12.4. The van der Waals surface area contributed by atoms with Crippen molar-refractivity contribution in [1.29, 1.82) is 0 Å². The molecule has 40 heavy (non-hydrogen) atoms. The average Bonchev–Trinajstić information content (AvgIpc) is 2.92. The lowest BCUT2D eigenvalue weighted by Crippen LogP contribution is -2.51. The van der Waals surface area contributed by atoms with Crippen molar-refractivity contribution >= 4 is 39.1 Å². The largest absolute Gasteiger partial charge is 0.354 e. The molecule has 0 saturated carbocycles. The van der Waals surface area contributed by atoms with Gasteiger partial charge in [-0.25, -0.2) is 8.42 Å². The van der Waals surface area contributed by atoms with Crippen molar-refractivity contribution in [2.45, 2.75) is 64.9 Å². The molecule has 7 nitrogen and oxygen atoms in total. The summed E-state index contributed by atoms with van der Waals surface area (Å²) in [6.07, 6.45) is 1.75. The Hall–Kier alpha value is -3.36. The van der Waals surface area contributed by atoms with E-state index in [-0.39, 0.29) is 17.3 Å². The molecule has 0 bridgehead atoms. The number of amides is 2. The van der Waals surface area contributed by atoms with Crippen molar-refractivity contribution in [1.82, 2.24) is 10.2 Å². The molecule has 0 aliphatic rings. The van der Waals surface area contributed by atoms with Gasteiger partial charge in [0.05, 0.1) is 10.6 Å². The first-order chi connectivity index (χ1) is 18.9. The molecule has 0 spiro atoms. The zero-order valence-electron chi connectivity index (χ0n) is 23.8. The molecule has 1 atom stereocenters. The van der Waals surface area contributed by atoms with Crippen molar-refractivity contribution in [3.8, 4) is 0 Å². The number of carbonyl (C=O) groups is 2. The van der Waals surface area contributed by atoms with E-state index in [0.717, 1.165) is 39.4 Å². The Morgan fingerprint density at radius 3 is 2.17 bits per heavy atom. The highest BCUT2D eigenvalue weighted by molar-refractivity contribution is 7.92. The van der Waals surface area contributed by atoms with E-state index < -0.39 is 28.5 Å². The van der Waals surface area contributed by atoms with E-state index in [2.05, 4.69) is 5.32 Å². The lowest BCUT2D eigenvalue weighted by molar-refractivity contribution is -0.139. The van der Waals surface area contributed by atoms with Crippen molar-refractivity contribution in [2.24, 2.45) is 0 Å². The van der Waals surface area contributed by atoms with Gasteiger partial charge < -0.3 is 10.2 Å². The van der Waals surface area contributed by atoms with Crippen molar-refractivity contribution < 1.29 is 18.0 Å². The molecule has 2 amide bonds. The molecule has 3 aromatic rings. The number of hydrogen-bond donors (Lipinski definition) is 1. The van der Waals surface area contributed by atoms with Gasteiger partial charge in [0, 0.05) is 18.1 Å². The highest BCUT2D eigenvalue weighted by Gasteiger charge is 2.32. The minimum atomic E-state index is -4.14. The number of hydrogen-bond acceptors (Lipinski definition) is 4. The molecule has 0 aliphatic carbocycles. The second-order valence-electron chi connectivity index (χ2n) is 10.1. The number of benzene rings is 3. The van der Waals surface area contributed by atoms with Crippen LogP contribution in [0.2, 0.25) is 5.02 Å². The van der Waals surface area contributed by atoms with Crippen LogP contribution in [0.25, 0.3) is 0 Å². The Morgan fingerprint density at radius 2 is 1.57 bits per heavy atom. The first kappa shape index (κ1) is 31.2. The summed E-state index contributed by atoms with van der Waals surface area (Å²) in [4.78, 5) is 28.5. The molecular formula is C31H38ClN3O4S. The van der Waals surface area contributed by atoms with E-state index in [1.54, 1.807) is 19.1 Å². The van der Waals surface area contributed by atoms with Gasteiger partial charge in [-0.3, -0.25) is 13.9 Å². The first-order valence-corrected chi connectivity index (χ1v) is 15.2. The number of anilines is 1. The van der Waals surface area contributed by atoms with Crippen LogP contribution in [-0.4, -0.2) is 44.3 Å². The Balaban J connectivity index is 2.02. The zero-order valence-corrected chi connectivity index (χ0v) is 25.3. The Labute approximate surface area is 243 Å².